The Balaban J connectivity index is 1.87. The molecule has 1 aliphatic rings. The van der Waals surface area contributed by atoms with Crippen molar-refractivity contribution in [2.75, 3.05) is 33.7 Å². The number of likely N-dealkylation sites (N-methyl/N-ethyl adjacent to an activating group) is 1. The zero-order valence-corrected chi connectivity index (χ0v) is 8.77. The van der Waals surface area contributed by atoms with Gasteiger partial charge in [0.15, 0.2) is 0 Å². The van der Waals surface area contributed by atoms with Crippen molar-refractivity contribution in [3.8, 4) is 0 Å². The first-order chi connectivity index (χ1) is 5.70. The fourth-order valence-electron chi connectivity index (χ4n) is 1.17. The van der Waals surface area contributed by atoms with Crippen molar-refractivity contribution in [2.24, 2.45) is 5.92 Å². The molecular formula is C9H19ClN2. The predicted octanol–water partition coefficient (Wildman–Crippen LogP) is 1.16. The Morgan fingerprint density at radius 3 is 2.67 bits per heavy atom. The summed E-state index contributed by atoms with van der Waals surface area (Å²) in [6.07, 6.45) is 2.67. The van der Waals surface area contributed by atoms with E-state index >= 15 is 0 Å². The lowest BCUT2D eigenvalue weighted by Crippen LogP contribution is -2.31. The molecule has 1 aliphatic carbocycles. The minimum absolute atomic E-state index is 0.368. The normalized spacial score (nSPS) is 20.0. The maximum atomic E-state index is 6.12. The first kappa shape index (κ1) is 10.3. The number of nitrogens with zero attached hydrogens (tertiary/aromatic N) is 1. The Morgan fingerprint density at radius 2 is 2.17 bits per heavy atom. The van der Waals surface area contributed by atoms with Gasteiger partial charge in [0.05, 0.1) is 0 Å². The summed E-state index contributed by atoms with van der Waals surface area (Å²) in [5.41, 5.74) is 0. The molecule has 0 spiro atoms. The Labute approximate surface area is 80.3 Å². The molecule has 72 valence electrons. The van der Waals surface area contributed by atoms with Gasteiger partial charge in [0.1, 0.15) is 0 Å². The maximum Gasteiger partial charge on any atom is 0.0488 e. The molecule has 0 saturated heterocycles. The van der Waals surface area contributed by atoms with Crippen LogP contribution in [0, 0.1) is 5.92 Å². The molecular weight excluding hydrogens is 172 g/mol. The predicted molar refractivity (Wildman–Crippen MR) is 53.8 cm³/mol. The number of hydrogen-bond donors (Lipinski definition) is 1. The first-order valence-electron chi connectivity index (χ1n) is 4.69. The molecule has 1 atom stereocenters. The number of rotatable bonds is 6. The van der Waals surface area contributed by atoms with E-state index in [1.54, 1.807) is 0 Å². The van der Waals surface area contributed by atoms with Gasteiger partial charge in [-0.15, -0.1) is 11.6 Å². The van der Waals surface area contributed by atoms with Crippen molar-refractivity contribution >= 4 is 11.6 Å². The molecule has 0 radical (unpaired) electrons. The maximum absolute atomic E-state index is 6.12. The zero-order valence-electron chi connectivity index (χ0n) is 8.02. The van der Waals surface area contributed by atoms with E-state index in [2.05, 4.69) is 24.3 Å². The summed E-state index contributed by atoms with van der Waals surface area (Å²) < 4.78 is 0. The molecule has 0 bridgehead atoms. The topological polar surface area (TPSA) is 15.3 Å². The molecule has 0 aromatic carbocycles. The Kier molecular flexibility index (Phi) is 4.33. The molecule has 1 rings (SSSR count). The van der Waals surface area contributed by atoms with E-state index in [-0.39, 0.29) is 0 Å². The summed E-state index contributed by atoms with van der Waals surface area (Å²) >= 11 is 6.12. The number of halogens is 1. The van der Waals surface area contributed by atoms with Crippen LogP contribution < -0.4 is 5.32 Å². The highest BCUT2D eigenvalue weighted by molar-refractivity contribution is 6.21. The van der Waals surface area contributed by atoms with Crippen LogP contribution in [-0.2, 0) is 0 Å². The molecule has 1 fully saturated rings. The van der Waals surface area contributed by atoms with Gasteiger partial charge in [0.2, 0.25) is 0 Å². The van der Waals surface area contributed by atoms with Gasteiger partial charge in [-0.2, -0.15) is 0 Å². The van der Waals surface area contributed by atoms with E-state index in [0.29, 0.717) is 5.38 Å². The Morgan fingerprint density at radius 1 is 1.50 bits per heavy atom. The van der Waals surface area contributed by atoms with Crippen LogP contribution in [0.15, 0.2) is 0 Å². The molecule has 1 saturated carbocycles. The molecule has 1 N–H and O–H groups in total. The van der Waals surface area contributed by atoms with Gasteiger partial charge in [-0.3, -0.25) is 0 Å². The smallest absolute Gasteiger partial charge is 0.0488 e. The molecule has 0 aromatic heterocycles. The van der Waals surface area contributed by atoms with Crippen LogP contribution in [0.1, 0.15) is 12.8 Å². The first-order valence-corrected chi connectivity index (χ1v) is 5.13. The SMILES string of the molecule is CN(C)CCNCC(Cl)C1CC1. The van der Waals surface area contributed by atoms with Crippen molar-refractivity contribution < 1.29 is 0 Å². The minimum atomic E-state index is 0.368. The second-order valence-electron chi connectivity index (χ2n) is 3.86. The standard InChI is InChI=1S/C9H19ClN2/c1-12(2)6-5-11-7-9(10)8-3-4-8/h8-9,11H,3-7H2,1-2H3. The van der Waals surface area contributed by atoms with Crippen molar-refractivity contribution in [2.45, 2.75) is 18.2 Å². The molecule has 0 heterocycles. The van der Waals surface area contributed by atoms with Crippen molar-refractivity contribution in [1.29, 1.82) is 0 Å². The van der Waals surface area contributed by atoms with Gasteiger partial charge in [-0.1, -0.05) is 0 Å². The molecule has 2 nitrogen and oxygen atoms in total. The second kappa shape index (κ2) is 5.05. The lowest BCUT2D eigenvalue weighted by atomic mass is 10.3. The molecule has 0 amide bonds. The summed E-state index contributed by atoms with van der Waals surface area (Å²) in [5.74, 6) is 0.804. The van der Waals surface area contributed by atoms with E-state index in [1.165, 1.54) is 12.8 Å². The molecule has 0 aromatic rings. The van der Waals surface area contributed by atoms with Crippen LogP contribution >= 0.6 is 11.6 Å². The van der Waals surface area contributed by atoms with Gasteiger partial charge in [-0.05, 0) is 32.9 Å². The van der Waals surface area contributed by atoms with Crippen molar-refractivity contribution in [1.82, 2.24) is 10.2 Å². The highest BCUT2D eigenvalue weighted by Crippen LogP contribution is 2.35. The highest BCUT2D eigenvalue weighted by atomic mass is 35.5. The molecule has 1 unspecified atom stereocenters. The third-order valence-electron chi connectivity index (χ3n) is 2.21. The van der Waals surface area contributed by atoms with E-state index in [0.717, 1.165) is 25.6 Å². The minimum Gasteiger partial charge on any atom is -0.314 e. The van der Waals surface area contributed by atoms with E-state index in [1.807, 2.05) is 0 Å². The largest absolute Gasteiger partial charge is 0.314 e. The average Bonchev–Trinajstić information content (AvgIpc) is 2.79. The van der Waals surface area contributed by atoms with Crippen molar-refractivity contribution in [3.63, 3.8) is 0 Å². The van der Waals surface area contributed by atoms with E-state index < -0.39 is 0 Å². The van der Waals surface area contributed by atoms with Gasteiger partial charge >= 0.3 is 0 Å². The average molecular weight is 191 g/mol. The fraction of sp³-hybridized carbons (Fsp3) is 1.00. The molecule has 0 aliphatic heterocycles. The monoisotopic (exact) mass is 190 g/mol. The molecule has 3 heteroatoms. The van der Waals surface area contributed by atoms with E-state index in [9.17, 15) is 0 Å². The molecule has 12 heavy (non-hydrogen) atoms. The summed E-state index contributed by atoms with van der Waals surface area (Å²) in [4.78, 5) is 2.17. The summed E-state index contributed by atoms with van der Waals surface area (Å²) in [6.45, 7) is 3.11. The van der Waals surface area contributed by atoms with Gasteiger partial charge < -0.3 is 10.2 Å². The second-order valence-corrected chi connectivity index (χ2v) is 4.42. The van der Waals surface area contributed by atoms with Crippen LogP contribution in [0.2, 0.25) is 0 Å². The fourth-order valence-corrected chi connectivity index (χ4v) is 1.53. The van der Waals surface area contributed by atoms with Gasteiger partial charge in [0.25, 0.3) is 0 Å². The van der Waals surface area contributed by atoms with Crippen molar-refractivity contribution in [3.05, 3.63) is 0 Å². The quantitative estimate of drug-likeness (QED) is 0.500. The third kappa shape index (κ3) is 4.29. The summed E-state index contributed by atoms with van der Waals surface area (Å²) in [7, 11) is 4.17. The lowest BCUT2D eigenvalue weighted by Gasteiger charge is -2.12. The number of hydrogen-bond acceptors (Lipinski definition) is 2. The Hall–Kier alpha value is 0.210. The van der Waals surface area contributed by atoms with Crippen LogP contribution in [0.4, 0.5) is 0 Å². The summed E-state index contributed by atoms with van der Waals surface area (Å²) in [6, 6.07) is 0. The zero-order chi connectivity index (χ0) is 8.97. The van der Waals surface area contributed by atoms with E-state index in [4.69, 9.17) is 11.6 Å². The van der Waals surface area contributed by atoms with Gasteiger partial charge in [-0.25, -0.2) is 0 Å². The summed E-state index contributed by atoms with van der Waals surface area (Å²) in [5, 5.41) is 3.73. The lowest BCUT2D eigenvalue weighted by molar-refractivity contribution is 0.399. The Bertz CT molecular complexity index is 124. The number of nitrogens with one attached hydrogen (secondary N) is 1. The van der Waals surface area contributed by atoms with Crippen LogP contribution in [0.25, 0.3) is 0 Å². The van der Waals surface area contributed by atoms with Crippen LogP contribution in [-0.4, -0.2) is 44.0 Å². The van der Waals surface area contributed by atoms with Gasteiger partial charge in [0, 0.05) is 25.0 Å². The number of alkyl halides is 1. The third-order valence-corrected chi connectivity index (χ3v) is 2.72. The highest BCUT2D eigenvalue weighted by Gasteiger charge is 2.28. The van der Waals surface area contributed by atoms with Crippen LogP contribution in [0.5, 0.6) is 0 Å². The van der Waals surface area contributed by atoms with Crippen LogP contribution in [0.3, 0.4) is 0 Å².